The smallest absolute Gasteiger partial charge is 0.230 e. The van der Waals surface area contributed by atoms with Gasteiger partial charge in [0, 0.05) is 11.4 Å². The van der Waals surface area contributed by atoms with Crippen molar-refractivity contribution < 1.29 is 9.90 Å². The van der Waals surface area contributed by atoms with Gasteiger partial charge in [0.05, 0.1) is 18.3 Å². The lowest BCUT2D eigenvalue weighted by molar-refractivity contribution is -0.115. The number of anilines is 2. The van der Waals surface area contributed by atoms with Gasteiger partial charge in [-0.1, -0.05) is 0 Å². The molecule has 2 rings (SSSR count). The molecule has 5 nitrogen and oxygen atoms in total. The molecule has 0 spiro atoms. The summed E-state index contributed by atoms with van der Waals surface area (Å²) in [6.45, 7) is 0. The largest absolute Gasteiger partial charge is 0.508 e. The van der Waals surface area contributed by atoms with Crippen LogP contribution in [-0.4, -0.2) is 16.0 Å². The molecule has 1 aromatic heterocycles. The Labute approximate surface area is 104 Å². The Morgan fingerprint density at radius 1 is 1.22 bits per heavy atom. The summed E-state index contributed by atoms with van der Waals surface area (Å²) in [5.74, 6) is -0.00818. The third kappa shape index (κ3) is 3.21. The molecule has 0 saturated carbocycles. The summed E-state index contributed by atoms with van der Waals surface area (Å²) in [7, 11) is 0. The van der Waals surface area contributed by atoms with Crippen molar-refractivity contribution in [3.63, 3.8) is 0 Å². The number of hydrogen-bond acceptors (Lipinski definition) is 4. The van der Waals surface area contributed by atoms with E-state index < -0.39 is 0 Å². The SMILES string of the molecule is Nc1ccc(CC(=O)Nc2ccc(O)cc2)nc1. The van der Waals surface area contributed by atoms with Crippen LogP contribution in [0.2, 0.25) is 0 Å². The van der Waals surface area contributed by atoms with Gasteiger partial charge in [-0.15, -0.1) is 0 Å². The molecule has 0 bridgehead atoms. The highest BCUT2D eigenvalue weighted by Gasteiger charge is 2.05. The van der Waals surface area contributed by atoms with E-state index in [1.807, 2.05) is 0 Å². The molecule has 5 heteroatoms. The summed E-state index contributed by atoms with van der Waals surface area (Å²) in [4.78, 5) is 15.8. The van der Waals surface area contributed by atoms with Crippen molar-refractivity contribution in [1.29, 1.82) is 0 Å². The lowest BCUT2D eigenvalue weighted by atomic mass is 10.2. The average molecular weight is 243 g/mol. The molecule has 1 heterocycles. The molecule has 1 amide bonds. The van der Waals surface area contributed by atoms with Crippen LogP contribution in [0.5, 0.6) is 5.75 Å². The van der Waals surface area contributed by atoms with Gasteiger partial charge in [-0.2, -0.15) is 0 Å². The van der Waals surface area contributed by atoms with Gasteiger partial charge in [0.15, 0.2) is 0 Å². The van der Waals surface area contributed by atoms with Crippen molar-refractivity contribution in [2.75, 3.05) is 11.1 Å². The number of benzene rings is 1. The van der Waals surface area contributed by atoms with Gasteiger partial charge < -0.3 is 16.2 Å². The Balaban J connectivity index is 1.96. The Morgan fingerprint density at radius 2 is 1.94 bits per heavy atom. The molecule has 92 valence electrons. The molecule has 18 heavy (non-hydrogen) atoms. The summed E-state index contributed by atoms with van der Waals surface area (Å²) < 4.78 is 0. The van der Waals surface area contributed by atoms with Crippen LogP contribution in [0.3, 0.4) is 0 Å². The first-order valence-corrected chi connectivity index (χ1v) is 5.43. The number of rotatable bonds is 3. The highest BCUT2D eigenvalue weighted by molar-refractivity contribution is 5.92. The van der Waals surface area contributed by atoms with Crippen LogP contribution in [0.25, 0.3) is 0 Å². The number of nitrogens with one attached hydrogen (secondary N) is 1. The predicted octanol–water partition coefficient (Wildman–Crippen LogP) is 1.55. The molecule has 0 aliphatic heterocycles. The molecule has 0 aliphatic rings. The molecule has 1 aromatic carbocycles. The zero-order valence-corrected chi connectivity index (χ0v) is 9.63. The van der Waals surface area contributed by atoms with Crippen LogP contribution in [0.4, 0.5) is 11.4 Å². The first-order valence-electron chi connectivity index (χ1n) is 5.43. The second kappa shape index (κ2) is 5.18. The van der Waals surface area contributed by atoms with E-state index in [0.29, 0.717) is 17.1 Å². The van der Waals surface area contributed by atoms with Gasteiger partial charge in [-0.3, -0.25) is 9.78 Å². The van der Waals surface area contributed by atoms with Crippen LogP contribution in [0, 0.1) is 0 Å². The van der Waals surface area contributed by atoms with Crippen molar-refractivity contribution in [3.8, 4) is 5.75 Å². The zero-order chi connectivity index (χ0) is 13.0. The first-order chi connectivity index (χ1) is 8.63. The molecule has 0 saturated heterocycles. The Morgan fingerprint density at radius 3 is 2.56 bits per heavy atom. The fourth-order valence-electron chi connectivity index (χ4n) is 1.45. The zero-order valence-electron chi connectivity index (χ0n) is 9.63. The van der Waals surface area contributed by atoms with E-state index >= 15 is 0 Å². The number of nitrogen functional groups attached to an aromatic ring is 1. The van der Waals surface area contributed by atoms with Crippen LogP contribution in [0.15, 0.2) is 42.6 Å². The monoisotopic (exact) mass is 243 g/mol. The van der Waals surface area contributed by atoms with Crippen molar-refractivity contribution in [1.82, 2.24) is 4.98 Å². The van der Waals surface area contributed by atoms with Crippen molar-refractivity contribution in [2.24, 2.45) is 0 Å². The minimum absolute atomic E-state index is 0.160. The van der Waals surface area contributed by atoms with Gasteiger partial charge >= 0.3 is 0 Å². The second-order valence-electron chi connectivity index (χ2n) is 3.85. The molecule has 0 unspecified atom stereocenters. The quantitative estimate of drug-likeness (QED) is 0.714. The molecule has 0 fully saturated rings. The molecule has 2 aromatic rings. The Hall–Kier alpha value is -2.56. The van der Waals surface area contributed by atoms with Gasteiger partial charge in [-0.05, 0) is 36.4 Å². The lowest BCUT2D eigenvalue weighted by Gasteiger charge is -2.05. The summed E-state index contributed by atoms with van der Waals surface area (Å²) >= 11 is 0. The number of amides is 1. The molecule has 0 radical (unpaired) electrons. The topological polar surface area (TPSA) is 88.2 Å². The molecular formula is C13H13N3O2. The third-order valence-corrected chi connectivity index (χ3v) is 2.34. The Kier molecular flexibility index (Phi) is 3.43. The number of nitrogens with two attached hydrogens (primary N) is 1. The second-order valence-corrected chi connectivity index (χ2v) is 3.85. The van der Waals surface area contributed by atoms with Gasteiger partial charge in [0.1, 0.15) is 5.75 Å². The first kappa shape index (κ1) is 11.9. The molecular weight excluding hydrogens is 230 g/mol. The fraction of sp³-hybridized carbons (Fsp3) is 0.0769. The molecule has 4 N–H and O–H groups in total. The maximum atomic E-state index is 11.7. The number of aromatic nitrogens is 1. The van der Waals surface area contributed by atoms with E-state index in [-0.39, 0.29) is 18.1 Å². The minimum Gasteiger partial charge on any atom is -0.508 e. The number of pyridine rings is 1. The van der Waals surface area contributed by atoms with Crippen molar-refractivity contribution in [3.05, 3.63) is 48.3 Å². The molecule has 0 atom stereocenters. The van der Waals surface area contributed by atoms with Crippen molar-refractivity contribution >= 4 is 17.3 Å². The highest BCUT2D eigenvalue weighted by Crippen LogP contribution is 2.14. The van der Waals surface area contributed by atoms with E-state index in [1.165, 1.54) is 18.3 Å². The third-order valence-electron chi connectivity index (χ3n) is 2.34. The maximum absolute atomic E-state index is 11.7. The summed E-state index contributed by atoms with van der Waals surface area (Å²) in [5, 5.41) is 11.8. The van der Waals surface area contributed by atoms with E-state index in [1.54, 1.807) is 24.3 Å². The summed E-state index contributed by atoms with van der Waals surface area (Å²) in [6.07, 6.45) is 1.70. The van der Waals surface area contributed by atoms with Crippen LogP contribution < -0.4 is 11.1 Å². The number of nitrogens with zero attached hydrogens (tertiary/aromatic N) is 1. The lowest BCUT2D eigenvalue weighted by Crippen LogP contribution is -2.15. The fourth-order valence-corrected chi connectivity index (χ4v) is 1.45. The van der Waals surface area contributed by atoms with E-state index in [9.17, 15) is 4.79 Å². The number of hydrogen-bond donors (Lipinski definition) is 3. The van der Waals surface area contributed by atoms with Crippen LogP contribution in [0.1, 0.15) is 5.69 Å². The maximum Gasteiger partial charge on any atom is 0.230 e. The van der Waals surface area contributed by atoms with Crippen molar-refractivity contribution in [2.45, 2.75) is 6.42 Å². The minimum atomic E-state index is -0.169. The predicted molar refractivity (Wildman–Crippen MR) is 69.1 cm³/mol. The van der Waals surface area contributed by atoms with Gasteiger partial charge in [-0.25, -0.2) is 0 Å². The number of carbonyl (C=O) groups is 1. The summed E-state index contributed by atoms with van der Waals surface area (Å²) in [5.41, 5.74) is 7.36. The molecule has 0 aliphatic carbocycles. The standard InChI is InChI=1S/C13H13N3O2/c14-9-1-2-11(15-8-9)7-13(18)16-10-3-5-12(17)6-4-10/h1-6,8,17H,7,14H2,(H,16,18). The highest BCUT2D eigenvalue weighted by atomic mass is 16.3. The van der Waals surface area contributed by atoms with E-state index in [2.05, 4.69) is 10.3 Å². The number of phenols is 1. The number of carbonyl (C=O) groups excluding carboxylic acids is 1. The van der Waals surface area contributed by atoms with Crippen LogP contribution >= 0.6 is 0 Å². The van der Waals surface area contributed by atoms with E-state index in [0.717, 1.165) is 0 Å². The Bertz CT molecular complexity index is 486. The number of aromatic hydroxyl groups is 1. The number of phenolic OH excluding ortho intramolecular Hbond substituents is 1. The van der Waals surface area contributed by atoms with Crippen LogP contribution in [-0.2, 0) is 11.2 Å². The van der Waals surface area contributed by atoms with E-state index in [4.69, 9.17) is 10.8 Å². The van der Waals surface area contributed by atoms with Gasteiger partial charge in [0.2, 0.25) is 5.91 Å². The normalized spacial score (nSPS) is 10.0. The summed E-state index contributed by atoms with van der Waals surface area (Å²) in [6, 6.07) is 9.70. The average Bonchev–Trinajstić information content (AvgIpc) is 2.35. The van der Waals surface area contributed by atoms with Gasteiger partial charge in [0.25, 0.3) is 0 Å².